The van der Waals surface area contributed by atoms with E-state index in [1.54, 1.807) is 12.5 Å². The third-order valence-electron chi connectivity index (χ3n) is 4.02. The molecule has 1 fully saturated rings. The molecule has 1 aromatic heterocycles. The number of hydrogen-bond acceptors (Lipinski definition) is 4. The third-order valence-corrected chi connectivity index (χ3v) is 4.02. The van der Waals surface area contributed by atoms with Crippen LogP contribution in [0.2, 0.25) is 0 Å². The first kappa shape index (κ1) is 13.4. The smallest absolute Gasteiger partial charge is 0.115 e. The lowest BCUT2D eigenvalue weighted by atomic mass is 9.78. The second-order valence-corrected chi connectivity index (χ2v) is 5.38. The fourth-order valence-electron chi connectivity index (χ4n) is 2.65. The highest BCUT2D eigenvalue weighted by atomic mass is 16.3. The zero-order valence-corrected chi connectivity index (χ0v) is 11.1. The van der Waals surface area contributed by atoms with Crippen LogP contribution in [0.3, 0.4) is 0 Å². The second kappa shape index (κ2) is 6.25. The van der Waals surface area contributed by atoms with E-state index >= 15 is 0 Å². The van der Waals surface area contributed by atoms with Crippen molar-refractivity contribution >= 4 is 0 Å². The number of rotatable bonds is 5. The number of aliphatic hydroxyl groups is 1. The van der Waals surface area contributed by atoms with Crippen LogP contribution in [-0.2, 0) is 6.54 Å². The maximum Gasteiger partial charge on any atom is 0.115 e. The summed E-state index contributed by atoms with van der Waals surface area (Å²) in [5, 5.41) is 13.8. The van der Waals surface area contributed by atoms with Gasteiger partial charge in [-0.2, -0.15) is 0 Å². The van der Waals surface area contributed by atoms with Gasteiger partial charge in [0.2, 0.25) is 0 Å². The van der Waals surface area contributed by atoms with Crippen molar-refractivity contribution in [3.8, 4) is 0 Å². The molecule has 0 aromatic carbocycles. The summed E-state index contributed by atoms with van der Waals surface area (Å²) in [6.45, 7) is 3.60. The molecule has 0 bridgehead atoms. The van der Waals surface area contributed by atoms with Crippen LogP contribution in [0.4, 0.5) is 0 Å². The van der Waals surface area contributed by atoms with Gasteiger partial charge in [-0.25, -0.2) is 9.97 Å². The first-order valence-corrected chi connectivity index (χ1v) is 6.90. The van der Waals surface area contributed by atoms with Gasteiger partial charge in [-0.15, -0.1) is 0 Å². The Hall–Kier alpha value is -1.00. The second-order valence-electron chi connectivity index (χ2n) is 5.38. The Morgan fingerprint density at radius 3 is 2.83 bits per heavy atom. The normalized spacial score (nSPS) is 28.2. The molecule has 0 aliphatic heterocycles. The third kappa shape index (κ3) is 3.75. The maximum atomic E-state index is 10.5. The van der Waals surface area contributed by atoms with Crippen LogP contribution in [0.1, 0.15) is 44.7 Å². The molecule has 2 N–H and O–H groups in total. The zero-order valence-electron chi connectivity index (χ0n) is 11.1. The van der Waals surface area contributed by atoms with E-state index in [0.29, 0.717) is 13.1 Å². The van der Waals surface area contributed by atoms with Gasteiger partial charge in [-0.1, -0.05) is 13.3 Å². The predicted octanol–water partition coefficient (Wildman–Crippen LogP) is 1.90. The summed E-state index contributed by atoms with van der Waals surface area (Å²) in [6.07, 6.45) is 8.68. The van der Waals surface area contributed by atoms with Gasteiger partial charge in [0.05, 0.1) is 11.3 Å². The molecule has 0 radical (unpaired) electrons. The summed E-state index contributed by atoms with van der Waals surface area (Å²) >= 11 is 0. The molecule has 1 heterocycles. The number of aromatic nitrogens is 2. The van der Waals surface area contributed by atoms with Gasteiger partial charge in [-0.05, 0) is 37.7 Å². The Morgan fingerprint density at radius 1 is 1.44 bits per heavy atom. The summed E-state index contributed by atoms with van der Waals surface area (Å²) in [6, 6.07) is 1.89. The Morgan fingerprint density at radius 2 is 2.22 bits per heavy atom. The first-order valence-electron chi connectivity index (χ1n) is 6.90. The highest BCUT2D eigenvalue weighted by Crippen LogP contribution is 2.33. The van der Waals surface area contributed by atoms with E-state index in [2.05, 4.69) is 22.2 Å². The van der Waals surface area contributed by atoms with E-state index in [1.807, 2.05) is 6.07 Å². The average Bonchev–Trinajstić information content (AvgIpc) is 2.41. The zero-order chi connectivity index (χ0) is 12.8. The molecule has 100 valence electrons. The Kier molecular flexibility index (Phi) is 4.66. The van der Waals surface area contributed by atoms with Crippen molar-refractivity contribution in [2.45, 2.75) is 51.2 Å². The molecule has 1 aliphatic rings. The van der Waals surface area contributed by atoms with Crippen LogP contribution in [0.5, 0.6) is 0 Å². The number of hydrogen-bond donors (Lipinski definition) is 2. The lowest BCUT2D eigenvalue weighted by molar-refractivity contribution is -0.00886. The summed E-state index contributed by atoms with van der Waals surface area (Å²) in [5.74, 6) is 0.812. The summed E-state index contributed by atoms with van der Waals surface area (Å²) in [4.78, 5) is 8.04. The summed E-state index contributed by atoms with van der Waals surface area (Å²) in [5.41, 5.74) is 0.453. The minimum atomic E-state index is -0.515. The molecule has 0 amide bonds. The molecule has 4 nitrogen and oxygen atoms in total. The van der Waals surface area contributed by atoms with Gasteiger partial charge in [0.1, 0.15) is 6.33 Å². The Balaban J connectivity index is 1.73. The topological polar surface area (TPSA) is 58.0 Å². The molecular formula is C14H23N3O. The predicted molar refractivity (Wildman–Crippen MR) is 70.9 cm³/mol. The van der Waals surface area contributed by atoms with Gasteiger partial charge in [0, 0.05) is 19.3 Å². The molecule has 1 aliphatic carbocycles. The molecule has 0 atom stereocenters. The van der Waals surface area contributed by atoms with E-state index < -0.39 is 5.60 Å². The molecule has 1 aromatic rings. The first-order chi connectivity index (χ1) is 8.72. The molecule has 2 rings (SSSR count). The summed E-state index contributed by atoms with van der Waals surface area (Å²) in [7, 11) is 0. The average molecular weight is 249 g/mol. The minimum absolute atomic E-state index is 0.515. The fourth-order valence-corrected chi connectivity index (χ4v) is 2.65. The quantitative estimate of drug-likeness (QED) is 0.837. The van der Waals surface area contributed by atoms with E-state index in [4.69, 9.17) is 0 Å². The number of nitrogens with zero attached hydrogens (tertiary/aromatic N) is 2. The van der Waals surface area contributed by atoms with Crippen molar-refractivity contribution in [2.24, 2.45) is 5.92 Å². The minimum Gasteiger partial charge on any atom is -0.389 e. The molecule has 4 heteroatoms. The van der Waals surface area contributed by atoms with Gasteiger partial charge in [0.25, 0.3) is 0 Å². The molecule has 18 heavy (non-hydrogen) atoms. The molecule has 0 saturated heterocycles. The van der Waals surface area contributed by atoms with Gasteiger partial charge < -0.3 is 10.4 Å². The van der Waals surface area contributed by atoms with Crippen LogP contribution in [0.25, 0.3) is 0 Å². The van der Waals surface area contributed by atoms with E-state index in [0.717, 1.165) is 37.3 Å². The van der Waals surface area contributed by atoms with E-state index in [1.165, 1.54) is 6.42 Å². The highest BCUT2D eigenvalue weighted by Gasteiger charge is 2.31. The van der Waals surface area contributed by atoms with E-state index in [-0.39, 0.29) is 0 Å². The molecule has 0 spiro atoms. The van der Waals surface area contributed by atoms with Crippen molar-refractivity contribution in [3.63, 3.8) is 0 Å². The van der Waals surface area contributed by atoms with Crippen LogP contribution in [0, 0.1) is 5.92 Å². The van der Waals surface area contributed by atoms with Crippen molar-refractivity contribution in [2.75, 3.05) is 6.54 Å². The van der Waals surface area contributed by atoms with Crippen molar-refractivity contribution < 1.29 is 5.11 Å². The Bertz CT molecular complexity index is 347. The van der Waals surface area contributed by atoms with Crippen molar-refractivity contribution in [3.05, 3.63) is 24.3 Å². The Labute approximate surface area is 109 Å². The molecule has 0 unspecified atom stereocenters. The van der Waals surface area contributed by atoms with E-state index in [9.17, 15) is 5.11 Å². The molecular weight excluding hydrogens is 226 g/mol. The largest absolute Gasteiger partial charge is 0.389 e. The lowest BCUT2D eigenvalue weighted by Crippen LogP contribution is -2.43. The SMILES string of the molecule is CCC1CCC(O)(CNCc2ccncn2)CC1. The summed E-state index contributed by atoms with van der Waals surface area (Å²) < 4.78 is 0. The maximum absolute atomic E-state index is 10.5. The highest BCUT2D eigenvalue weighted by molar-refractivity contribution is 4.97. The van der Waals surface area contributed by atoms with Gasteiger partial charge >= 0.3 is 0 Å². The van der Waals surface area contributed by atoms with Gasteiger partial charge in [-0.3, -0.25) is 0 Å². The van der Waals surface area contributed by atoms with Crippen LogP contribution < -0.4 is 5.32 Å². The number of nitrogens with one attached hydrogen (secondary N) is 1. The lowest BCUT2D eigenvalue weighted by Gasteiger charge is -2.36. The standard InChI is InChI=1S/C14H23N3O/c1-2-12-3-6-14(18,7-4-12)10-16-9-13-5-8-15-11-17-13/h5,8,11-12,16,18H,2-4,6-7,9-10H2,1H3. The van der Waals surface area contributed by atoms with Crippen molar-refractivity contribution in [1.82, 2.24) is 15.3 Å². The fraction of sp³-hybridized carbons (Fsp3) is 0.714. The van der Waals surface area contributed by atoms with Crippen molar-refractivity contribution in [1.29, 1.82) is 0 Å². The monoisotopic (exact) mass is 249 g/mol. The van der Waals surface area contributed by atoms with Gasteiger partial charge in [0.15, 0.2) is 0 Å². The van der Waals surface area contributed by atoms with Crippen LogP contribution >= 0.6 is 0 Å². The van der Waals surface area contributed by atoms with Crippen LogP contribution in [-0.4, -0.2) is 27.2 Å². The van der Waals surface area contributed by atoms with Crippen LogP contribution in [0.15, 0.2) is 18.6 Å². The molecule has 1 saturated carbocycles.